The lowest BCUT2D eigenvalue weighted by Crippen LogP contribution is -2.25. The Morgan fingerprint density at radius 1 is 1.28 bits per heavy atom. The van der Waals surface area contributed by atoms with Crippen molar-refractivity contribution in [3.8, 4) is 0 Å². The summed E-state index contributed by atoms with van der Waals surface area (Å²) in [7, 11) is 2.03. The molecule has 0 aliphatic carbocycles. The second-order valence-electron chi connectivity index (χ2n) is 4.91. The standard InChI is InChI=1S/C15H27N3/c1-4-18(12-6-5-7-14(2)16-3)13-15-8-10-17-11-9-15/h8-11,14,16H,4-7,12-13H2,1-3H3. The minimum atomic E-state index is 0.639. The topological polar surface area (TPSA) is 28.2 Å². The minimum Gasteiger partial charge on any atom is -0.317 e. The predicted molar refractivity (Wildman–Crippen MR) is 77.6 cm³/mol. The molecule has 0 aromatic carbocycles. The van der Waals surface area contributed by atoms with Crippen LogP contribution in [0.1, 0.15) is 38.7 Å². The average molecular weight is 249 g/mol. The maximum absolute atomic E-state index is 4.06. The Kier molecular flexibility index (Phi) is 7.62. The molecule has 0 spiro atoms. The fraction of sp³-hybridized carbons (Fsp3) is 0.667. The van der Waals surface area contributed by atoms with E-state index in [1.54, 1.807) is 0 Å². The summed E-state index contributed by atoms with van der Waals surface area (Å²) in [5.74, 6) is 0. The molecule has 1 aromatic heterocycles. The van der Waals surface area contributed by atoms with Crippen LogP contribution in [0, 0.1) is 0 Å². The van der Waals surface area contributed by atoms with Crippen molar-refractivity contribution in [1.82, 2.24) is 15.2 Å². The molecule has 3 nitrogen and oxygen atoms in total. The molecule has 1 rings (SSSR count). The van der Waals surface area contributed by atoms with Crippen molar-refractivity contribution >= 4 is 0 Å². The number of aromatic nitrogens is 1. The molecule has 0 saturated heterocycles. The maximum atomic E-state index is 4.06. The summed E-state index contributed by atoms with van der Waals surface area (Å²) in [4.78, 5) is 6.56. The molecular weight excluding hydrogens is 222 g/mol. The first-order valence-corrected chi connectivity index (χ1v) is 7.04. The molecule has 1 aromatic rings. The second-order valence-corrected chi connectivity index (χ2v) is 4.91. The van der Waals surface area contributed by atoms with E-state index in [0.717, 1.165) is 13.1 Å². The summed E-state index contributed by atoms with van der Waals surface area (Å²) >= 11 is 0. The van der Waals surface area contributed by atoms with E-state index in [1.165, 1.54) is 31.4 Å². The van der Waals surface area contributed by atoms with Crippen LogP contribution < -0.4 is 5.32 Å². The highest BCUT2D eigenvalue weighted by Crippen LogP contribution is 2.06. The van der Waals surface area contributed by atoms with E-state index >= 15 is 0 Å². The van der Waals surface area contributed by atoms with Gasteiger partial charge in [-0.25, -0.2) is 0 Å². The zero-order valence-electron chi connectivity index (χ0n) is 12.0. The van der Waals surface area contributed by atoms with Gasteiger partial charge in [-0.2, -0.15) is 0 Å². The van der Waals surface area contributed by atoms with Gasteiger partial charge < -0.3 is 5.32 Å². The van der Waals surface area contributed by atoms with Gasteiger partial charge in [0.05, 0.1) is 0 Å². The van der Waals surface area contributed by atoms with Gasteiger partial charge in [0.2, 0.25) is 0 Å². The van der Waals surface area contributed by atoms with Gasteiger partial charge in [0.1, 0.15) is 0 Å². The van der Waals surface area contributed by atoms with Gasteiger partial charge in [0, 0.05) is 25.0 Å². The number of hydrogen-bond donors (Lipinski definition) is 1. The Balaban J connectivity index is 2.22. The number of nitrogens with one attached hydrogen (secondary N) is 1. The first-order valence-electron chi connectivity index (χ1n) is 7.04. The molecule has 0 fully saturated rings. The van der Waals surface area contributed by atoms with E-state index in [-0.39, 0.29) is 0 Å². The number of pyridine rings is 1. The summed E-state index contributed by atoms with van der Waals surface area (Å²) in [6.07, 6.45) is 7.60. The van der Waals surface area contributed by atoms with Crippen molar-refractivity contribution in [2.75, 3.05) is 20.1 Å². The molecule has 18 heavy (non-hydrogen) atoms. The van der Waals surface area contributed by atoms with E-state index in [0.29, 0.717) is 6.04 Å². The van der Waals surface area contributed by atoms with Crippen molar-refractivity contribution in [3.63, 3.8) is 0 Å². The Hall–Kier alpha value is -0.930. The van der Waals surface area contributed by atoms with E-state index in [2.05, 4.69) is 41.2 Å². The zero-order valence-corrected chi connectivity index (χ0v) is 12.0. The third-order valence-electron chi connectivity index (χ3n) is 3.46. The van der Waals surface area contributed by atoms with E-state index in [1.807, 2.05) is 19.4 Å². The van der Waals surface area contributed by atoms with Gasteiger partial charge in [0.25, 0.3) is 0 Å². The molecule has 0 aliphatic heterocycles. The van der Waals surface area contributed by atoms with Crippen LogP contribution in [0.15, 0.2) is 24.5 Å². The fourth-order valence-corrected chi connectivity index (χ4v) is 2.03. The van der Waals surface area contributed by atoms with Crippen molar-refractivity contribution in [3.05, 3.63) is 30.1 Å². The second kappa shape index (κ2) is 9.06. The van der Waals surface area contributed by atoms with Gasteiger partial charge in [-0.1, -0.05) is 13.3 Å². The molecule has 1 heterocycles. The van der Waals surface area contributed by atoms with E-state index < -0.39 is 0 Å². The molecule has 102 valence electrons. The molecule has 3 heteroatoms. The quantitative estimate of drug-likeness (QED) is 0.682. The van der Waals surface area contributed by atoms with Crippen LogP contribution in [0.3, 0.4) is 0 Å². The highest BCUT2D eigenvalue weighted by atomic mass is 15.1. The molecule has 0 amide bonds. The molecule has 1 N–H and O–H groups in total. The summed E-state index contributed by atoms with van der Waals surface area (Å²) in [5.41, 5.74) is 1.36. The van der Waals surface area contributed by atoms with Crippen LogP contribution in [0.25, 0.3) is 0 Å². The van der Waals surface area contributed by atoms with Gasteiger partial charge in [0.15, 0.2) is 0 Å². The average Bonchev–Trinajstić information content (AvgIpc) is 2.43. The first kappa shape index (κ1) is 15.1. The highest BCUT2D eigenvalue weighted by Gasteiger charge is 2.04. The summed E-state index contributed by atoms with van der Waals surface area (Å²) in [6, 6.07) is 4.84. The zero-order chi connectivity index (χ0) is 13.2. The van der Waals surface area contributed by atoms with Crippen molar-refractivity contribution in [1.29, 1.82) is 0 Å². The molecule has 0 bridgehead atoms. The lowest BCUT2D eigenvalue weighted by Gasteiger charge is -2.20. The Morgan fingerprint density at radius 3 is 2.61 bits per heavy atom. The SMILES string of the molecule is CCN(CCCCC(C)NC)Cc1ccncc1. The monoisotopic (exact) mass is 249 g/mol. The molecule has 1 atom stereocenters. The first-order chi connectivity index (χ1) is 8.76. The predicted octanol–water partition coefficient (Wildman–Crippen LogP) is 2.68. The lowest BCUT2D eigenvalue weighted by atomic mass is 10.1. The lowest BCUT2D eigenvalue weighted by molar-refractivity contribution is 0.271. The van der Waals surface area contributed by atoms with Gasteiger partial charge >= 0.3 is 0 Å². The highest BCUT2D eigenvalue weighted by molar-refractivity contribution is 5.09. The van der Waals surface area contributed by atoms with Crippen LogP contribution in [-0.4, -0.2) is 36.1 Å². The molecular formula is C15H27N3. The molecule has 1 unspecified atom stereocenters. The number of rotatable bonds is 9. The van der Waals surface area contributed by atoms with Gasteiger partial charge in [-0.05, 0) is 57.6 Å². The van der Waals surface area contributed by atoms with Gasteiger partial charge in [-0.3, -0.25) is 9.88 Å². The van der Waals surface area contributed by atoms with Crippen LogP contribution in [-0.2, 0) is 6.54 Å². The van der Waals surface area contributed by atoms with Crippen LogP contribution in [0.4, 0.5) is 0 Å². The van der Waals surface area contributed by atoms with Crippen molar-refractivity contribution in [2.45, 2.75) is 45.7 Å². The van der Waals surface area contributed by atoms with Crippen molar-refractivity contribution < 1.29 is 0 Å². The summed E-state index contributed by atoms with van der Waals surface area (Å²) in [5, 5.41) is 3.29. The van der Waals surface area contributed by atoms with E-state index in [4.69, 9.17) is 0 Å². The largest absolute Gasteiger partial charge is 0.317 e. The Labute approximate surface area is 112 Å². The fourth-order valence-electron chi connectivity index (χ4n) is 2.03. The van der Waals surface area contributed by atoms with Crippen LogP contribution in [0.5, 0.6) is 0 Å². The summed E-state index contributed by atoms with van der Waals surface area (Å²) in [6.45, 7) is 7.83. The third kappa shape index (κ3) is 6.12. The number of unbranched alkanes of at least 4 members (excludes halogenated alkanes) is 1. The summed E-state index contributed by atoms with van der Waals surface area (Å²) < 4.78 is 0. The Morgan fingerprint density at radius 2 is 2.00 bits per heavy atom. The molecule has 0 radical (unpaired) electrons. The normalized spacial score (nSPS) is 12.9. The number of hydrogen-bond acceptors (Lipinski definition) is 3. The Bertz CT molecular complexity index is 300. The smallest absolute Gasteiger partial charge is 0.0271 e. The van der Waals surface area contributed by atoms with Crippen molar-refractivity contribution in [2.24, 2.45) is 0 Å². The third-order valence-corrected chi connectivity index (χ3v) is 3.46. The molecule has 0 aliphatic rings. The van der Waals surface area contributed by atoms with E-state index in [9.17, 15) is 0 Å². The maximum Gasteiger partial charge on any atom is 0.0271 e. The van der Waals surface area contributed by atoms with Crippen LogP contribution in [0.2, 0.25) is 0 Å². The van der Waals surface area contributed by atoms with Gasteiger partial charge in [-0.15, -0.1) is 0 Å². The number of nitrogens with zero attached hydrogens (tertiary/aromatic N) is 2. The van der Waals surface area contributed by atoms with Crippen LogP contribution >= 0.6 is 0 Å². The molecule has 0 saturated carbocycles. The minimum absolute atomic E-state index is 0.639.